The van der Waals surface area contributed by atoms with Crippen molar-refractivity contribution < 1.29 is 18.7 Å². The SMILES string of the molecule is CCN(CC)CCN(C)Cc1cccc(C(=O)Nc2ccc(OCCCCF)cc2C(=O)N/N=C/c2ccc(C)cc2)c1. The Bertz CT molecular complexity index is 1340. The lowest BCUT2D eigenvalue weighted by Crippen LogP contribution is -2.32. The van der Waals surface area contributed by atoms with Crippen molar-refractivity contribution in [3.05, 3.63) is 94.5 Å². The molecule has 3 aromatic carbocycles. The number of carbonyl (C=O) groups is 2. The van der Waals surface area contributed by atoms with Crippen LogP contribution in [0.4, 0.5) is 10.1 Å². The highest BCUT2D eigenvalue weighted by molar-refractivity contribution is 6.09. The minimum Gasteiger partial charge on any atom is -0.494 e. The highest BCUT2D eigenvalue weighted by atomic mass is 19.1. The number of likely N-dealkylation sites (N-methyl/N-ethyl adjacent to an activating group) is 2. The van der Waals surface area contributed by atoms with Crippen molar-refractivity contribution in [2.24, 2.45) is 5.10 Å². The molecule has 43 heavy (non-hydrogen) atoms. The lowest BCUT2D eigenvalue weighted by molar-refractivity contribution is 0.0955. The highest BCUT2D eigenvalue weighted by Gasteiger charge is 2.17. The number of carbonyl (C=O) groups excluding carboxylic acids is 2. The number of hydrogen-bond acceptors (Lipinski definition) is 6. The van der Waals surface area contributed by atoms with E-state index in [4.69, 9.17) is 4.74 Å². The third-order valence-electron chi connectivity index (χ3n) is 7.07. The van der Waals surface area contributed by atoms with Crippen molar-refractivity contribution in [2.45, 2.75) is 40.2 Å². The molecule has 3 rings (SSSR count). The van der Waals surface area contributed by atoms with Crippen LogP contribution in [-0.2, 0) is 6.54 Å². The third kappa shape index (κ3) is 11.3. The number of anilines is 1. The normalized spacial score (nSPS) is 11.3. The molecule has 0 radical (unpaired) electrons. The zero-order chi connectivity index (χ0) is 31.0. The van der Waals surface area contributed by atoms with Gasteiger partial charge in [-0.1, -0.05) is 55.8 Å². The number of rotatable bonds is 17. The summed E-state index contributed by atoms with van der Waals surface area (Å²) in [6.07, 6.45) is 2.51. The lowest BCUT2D eigenvalue weighted by Gasteiger charge is -2.23. The van der Waals surface area contributed by atoms with Gasteiger partial charge in [-0.15, -0.1) is 0 Å². The minimum absolute atomic E-state index is 0.199. The van der Waals surface area contributed by atoms with Crippen LogP contribution in [0.15, 0.2) is 71.8 Å². The first-order chi connectivity index (χ1) is 20.8. The number of unbranched alkanes of at least 4 members (excludes halogenated alkanes) is 1. The van der Waals surface area contributed by atoms with E-state index in [1.54, 1.807) is 30.5 Å². The summed E-state index contributed by atoms with van der Waals surface area (Å²) in [5, 5.41) is 6.98. The summed E-state index contributed by atoms with van der Waals surface area (Å²) in [6.45, 7) is 10.9. The van der Waals surface area contributed by atoms with Crippen LogP contribution in [0.1, 0.15) is 64.1 Å². The topological polar surface area (TPSA) is 86.3 Å². The molecular formula is C34H44FN5O3. The summed E-state index contributed by atoms with van der Waals surface area (Å²) in [5.74, 6) is -0.391. The van der Waals surface area contributed by atoms with E-state index >= 15 is 0 Å². The second-order valence-electron chi connectivity index (χ2n) is 10.5. The zero-order valence-corrected chi connectivity index (χ0v) is 25.7. The Kier molecular flexibility index (Phi) is 13.8. The molecule has 0 heterocycles. The number of benzene rings is 3. The summed E-state index contributed by atoms with van der Waals surface area (Å²) in [5.41, 5.74) is 6.54. The van der Waals surface area contributed by atoms with E-state index in [9.17, 15) is 14.0 Å². The third-order valence-corrected chi connectivity index (χ3v) is 7.07. The Morgan fingerprint density at radius 1 is 0.953 bits per heavy atom. The van der Waals surface area contributed by atoms with Crippen LogP contribution in [0.3, 0.4) is 0 Å². The maximum atomic E-state index is 13.3. The first-order valence-electron chi connectivity index (χ1n) is 14.9. The highest BCUT2D eigenvalue weighted by Crippen LogP contribution is 2.24. The zero-order valence-electron chi connectivity index (χ0n) is 25.7. The average molecular weight is 590 g/mol. The quantitative estimate of drug-likeness (QED) is 0.116. The van der Waals surface area contributed by atoms with Crippen molar-refractivity contribution in [2.75, 3.05) is 51.8 Å². The standard InChI is InChI=1S/C34H44FN5O3/c1-5-40(6-2)20-19-39(4)25-28-10-9-11-29(22-28)33(41)37-32-17-16-30(43-21-8-7-18-35)23-31(32)34(42)38-36-24-27-14-12-26(3)13-15-27/h9-17,22-24H,5-8,18-21,25H2,1-4H3,(H,37,41)(H,38,42)/b36-24+. The maximum Gasteiger partial charge on any atom is 0.273 e. The van der Waals surface area contributed by atoms with Crippen LogP contribution in [-0.4, -0.2) is 74.3 Å². The Morgan fingerprint density at radius 2 is 1.72 bits per heavy atom. The number of nitrogens with one attached hydrogen (secondary N) is 2. The molecule has 3 aromatic rings. The van der Waals surface area contributed by atoms with Gasteiger partial charge in [0.1, 0.15) is 5.75 Å². The predicted molar refractivity (Wildman–Crippen MR) is 172 cm³/mol. The minimum atomic E-state index is -0.503. The van der Waals surface area contributed by atoms with E-state index in [0.717, 1.165) is 42.9 Å². The van der Waals surface area contributed by atoms with Crippen molar-refractivity contribution in [1.29, 1.82) is 0 Å². The number of amides is 2. The second kappa shape index (κ2) is 17.8. The molecule has 0 fully saturated rings. The molecule has 0 aliphatic heterocycles. The van der Waals surface area contributed by atoms with Gasteiger partial charge in [-0.2, -0.15) is 5.10 Å². The Balaban J connectivity index is 1.73. The molecule has 8 nitrogen and oxygen atoms in total. The van der Waals surface area contributed by atoms with E-state index in [1.807, 2.05) is 49.4 Å². The van der Waals surface area contributed by atoms with Gasteiger partial charge in [-0.25, -0.2) is 5.43 Å². The number of alkyl halides is 1. The lowest BCUT2D eigenvalue weighted by atomic mass is 10.1. The Morgan fingerprint density at radius 3 is 2.44 bits per heavy atom. The molecule has 0 aliphatic rings. The number of ether oxygens (including phenoxy) is 1. The summed E-state index contributed by atoms with van der Waals surface area (Å²) < 4.78 is 18.2. The van der Waals surface area contributed by atoms with Gasteiger partial charge in [-0.3, -0.25) is 14.0 Å². The first-order valence-corrected chi connectivity index (χ1v) is 14.9. The van der Waals surface area contributed by atoms with Crippen molar-refractivity contribution >= 4 is 23.7 Å². The monoisotopic (exact) mass is 589 g/mol. The molecule has 0 bridgehead atoms. The van der Waals surface area contributed by atoms with Gasteiger partial charge < -0.3 is 19.9 Å². The van der Waals surface area contributed by atoms with Gasteiger partial charge >= 0.3 is 0 Å². The fourth-order valence-electron chi connectivity index (χ4n) is 4.42. The second-order valence-corrected chi connectivity index (χ2v) is 10.5. The van der Waals surface area contributed by atoms with Crippen LogP contribution in [0.5, 0.6) is 5.75 Å². The molecule has 0 saturated carbocycles. The molecule has 9 heteroatoms. The predicted octanol–water partition coefficient (Wildman–Crippen LogP) is 5.91. The van der Waals surface area contributed by atoms with Gasteiger partial charge in [-0.05, 0) is 81.4 Å². The van der Waals surface area contributed by atoms with Gasteiger partial charge in [0.15, 0.2) is 0 Å². The molecule has 0 saturated heterocycles. The number of nitrogens with zero attached hydrogens (tertiary/aromatic N) is 3. The Labute approximate surface area is 254 Å². The summed E-state index contributed by atoms with van der Waals surface area (Å²) in [7, 11) is 2.07. The molecule has 0 aromatic heterocycles. The molecule has 230 valence electrons. The fraction of sp³-hybridized carbons (Fsp3) is 0.382. The van der Waals surface area contributed by atoms with Crippen LogP contribution in [0, 0.1) is 6.92 Å². The summed E-state index contributed by atoms with van der Waals surface area (Å²) in [4.78, 5) is 31.1. The van der Waals surface area contributed by atoms with E-state index < -0.39 is 12.6 Å². The van der Waals surface area contributed by atoms with Gasteiger partial charge in [0, 0.05) is 25.2 Å². The number of hydrazone groups is 1. The van der Waals surface area contributed by atoms with Crippen molar-refractivity contribution in [1.82, 2.24) is 15.2 Å². The van der Waals surface area contributed by atoms with Crippen LogP contribution < -0.4 is 15.5 Å². The van der Waals surface area contributed by atoms with Crippen LogP contribution in [0.25, 0.3) is 0 Å². The van der Waals surface area contributed by atoms with Crippen molar-refractivity contribution in [3.63, 3.8) is 0 Å². The van der Waals surface area contributed by atoms with Gasteiger partial charge in [0.05, 0.1) is 30.7 Å². The van der Waals surface area contributed by atoms with Gasteiger partial charge in [0.2, 0.25) is 0 Å². The molecule has 0 atom stereocenters. The Hall–Kier alpha value is -4.08. The van der Waals surface area contributed by atoms with E-state index in [-0.39, 0.29) is 11.5 Å². The van der Waals surface area contributed by atoms with E-state index in [0.29, 0.717) is 43.0 Å². The molecule has 2 N–H and O–H groups in total. The fourth-order valence-corrected chi connectivity index (χ4v) is 4.42. The number of aryl methyl sites for hydroxylation is 1. The average Bonchev–Trinajstić information content (AvgIpc) is 3.01. The molecule has 0 aliphatic carbocycles. The van der Waals surface area contributed by atoms with Crippen molar-refractivity contribution in [3.8, 4) is 5.75 Å². The summed E-state index contributed by atoms with van der Waals surface area (Å²) >= 11 is 0. The first kappa shape index (κ1) is 33.4. The number of hydrogen-bond donors (Lipinski definition) is 2. The van der Waals surface area contributed by atoms with E-state index in [1.165, 1.54) is 0 Å². The maximum absolute atomic E-state index is 13.3. The molecule has 0 unspecified atom stereocenters. The molecular weight excluding hydrogens is 545 g/mol. The van der Waals surface area contributed by atoms with Crippen LogP contribution >= 0.6 is 0 Å². The van der Waals surface area contributed by atoms with E-state index in [2.05, 4.69) is 46.5 Å². The number of halogens is 1. The van der Waals surface area contributed by atoms with Gasteiger partial charge in [0.25, 0.3) is 11.8 Å². The smallest absolute Gasteiger partial charge is 0.273 e. The summed E-state index contributed by atoms with van der Waals surface area (Å²) in [6, 6.07) is 20.1. The molecule has 2 amide bonds. The molecule has 0 spiro atoms. The largest absolute Gasteiger partial charge is 0.494 e. The van der Waals surface area contributed by atoms with Crippen LogP contribution in [0.2, 0.25) is 0 Å².